The lowest BCUT2D eigenvalue weighted by atomic mass is 10.2. The first-order valence-electron chi connectivity index (χ1n) is 3.49. The normalized spacial score (nSPS) is 21.6. The summed E-state index contributed by atoms with van der Waals surface area (Å²) < 4.78 is 0. The predicted octanol–water partition coefficient (Wildman–Crippen LogP) is 1.69. The summed E-state index contributed by atoms with van der Waals surface area (Å²) in [7, 11) is 0. The van der Waals surface area contributed by atoms with Gasteiger partial charge in [-0.2, -0.15) is 0 Å². The van der Waals surface area contributed by atoms with Gasteiger partial charge in [-0.3, -0.25) is 0 Å². The Hall–Kier alpha value is -1.14. The van der Waals surface area contributed by atoms with Crippen molar-refractivity contribution in [2.24, 2.45) is 9.98 Å². The largest absolute Gasteiger partial charge is 0.241 e. The third kappa shape index (κ3) is 0.829. The minimum absolute atomic E-state index is 1.10. The van der Waals surface area contributed by atoms with Gasteiger partial charge in [0, 0.05) is 5.57 Å². The lowest BCUT2D eigenvalue weighted by Gasteiger charge is -1.88. The molecule has 0 aromatic carbocycles. The number of rotatable bonds is 0. The molecule has 0 saturated heterocycles. The number of nitrogens with zero attached hydrogens (tertiary/aromatic N) is 2. The molecule has 0 atom stereocenters. The zero-order valence-corrected chi connectivity index (χ0v) is 5.67. The van der Waals surface area contributed by atoms with Crippen molar-refractivity contribution >= 4 is 12.1 Å². The lowest BCUT2D eigenvalue weighted by Crippen LogP contribution is -1.90. The minimum atomic E-state index is 1.10. The first-order valence-corrected chi connectivity index (χ1v) is 3.49. The second kappa shape index (κ2) is 2.24. The number of fused-ring (bicyclic) bond motifs is 1. The number of aliphatic imine (C=N–C) groups is 2. The van der Waals surface area contributed by atoms with Gasteiger partial charge in [-0.1, -0.05) is 5.73 Å². The second-order valence-corrected chi connectivity index (χ2v) is 2.45. The highest BCUT2D eigenvalue weighted by atomic mass is 14.9. The summed E-state index contributed by atoms with van der Waals surface area (Å²) in [6.07, 6.45) is 6.74. The van der Waals surface area contributed by atoms with E-state index in [9.17, 15) is 0 Å². The van der Waals surface area contributed by atoms with Crippen LogP contribution in [0.2, 0.25) is 0 Å². The third-order valence-electron chi connectivity index (χ3n) is 1.78. The molecule has 0 aromatic rings. The van der Waals surface area contributed by atoms with Crippen molar-refractivity contribution in [3.63, 3.8) is 0 Å². The summed E-state index contributed by atoms with van der Waals surface area (Å²) in [4.78, 5) is 8.06. The molecule has 1 heterocycles. The van der Waals surface area contributed by atoms with E-state index in [1.807, 2.05) is 0 Å². The average Bonchev–Trinajstić information content (AvgIpc) is 2.28. The number of hydrogen-bond donors (Lipinski definition) is 0. The maximum Gasteiger partial charge on any atom is 0.116 e. The molecular formula is C8H8N2. The Morgan fingerprint density at radius 2 is 2.40 bits per heavy atom. The fourth-order valence-electron chi connectivity index (χ4n) is 1.28. The molecule has 0 amide bonds. The molecule has 1 aliphatic carbocycles. The molecule has 0 radical (unpaired) electrons. The van der Waals surface area contributed by atoms with Gasteiger partial charge >= 0.3 is 0 Å². The van der Waals surface area contributed by atoms with Crippen molar-refractivity contribution in [2.45, 2.75) is 19.3 Å². The number of hydrogen-bond acceptors (Lipinski definition) is 2. The van der Waals surface area contributed by atoms with Crippen LogP contribution in [0.4, 0.5) is 0 Å². The highest BCUT2D eigenvalue weighted by Crippen LogP contribution is 2.20. The van der Waals surface area contributed by atoms with Crippen molar-refractivity contribution in [2.75, 3.05) is 0 Å². The van der Waals surface area contributed by atoms with Crippen molar-refractivity contribution < 1.29 is 0 Å². The second-order valence-electron chi connectivity index (χ2n) is 2.45. The zero-order valence-electron chi connectivity index (χ0n) is 5.67. The van der Waals surface area contributed by atoms with Crippen LogP contribution in [0.15, 0.2) is 27.5 Å². The topological polar surface area (TPSA) is 24.7 Å². The molecule has 2 heteroatoms. The quantitative estimate of drug-likeness (QED) is 0.448. The highest BCUT2D eigenvalue weighted by Gasteiger charge is 2.14. The first-order chi connectivity index (χ1) is 4.97. The van der Waals surface area contributed by atoms with E-state index in [4.69, 9.17) is 0 Å². The summed E-state index contributed by atoms with van der Waals surface area (Å²) in [5.41, 5.74) is 5.53. The van der Waals surface area contributed by atoms with Crippen LogP contribution in [0, 0.1) is 0 Å². The fourth-order valence-corrected chi connectivity index (χ4v) is 1.28. The van der Waals surface area contributed by atoms with E-state index in [1.54, 1.807) is 12.5 Å². The van der Waals surface area contributed by atoms with Crippen LogP contribution < -0.4 is 0 Å². The molecule has 1 aliphatic heterocycles. The molecule has 0 spiro atoms. The van der Waals surface area contributed by atoms with Gasteiger partial charge in [0.05, 0.1) is 11.9 Å². The first kappa shape index (κ1) is 5.63. The van der Waals surface area contributed by atoms with Crippen LogP contribution in [0.25, 0.3) is 0 Å². The van der Waals surface area contributed by atoms with Crippen LogP contribution in [0.1, 0.15) is 19.3 Å². The summed E-state index contributed by atoms with van der Waals surface area (Å²) >= 11 is 0. The molecule has 0 N–H and O–H groups in total. The van der Waals surface area contributed by atoms with Gasteiger partial charge in [-0.15, -0.1) is 0 Å². The maximum atomic E-state index is 4.18. The molecule has 10 heavy (non-hydrogen) atoms. The highest BCUT2D eigenvalue weighted by molar-refractivity contribution is 6.05. The van der Waals surface area contributed by atoms with Gasteiger partial charge in [0.1, 0.15) is 6.34 Å². The molecule has 2 rings (SSSR count). The summed E-state index contributed by atoms with van der Waals surface area (Å²) in [5.74, 6) is 0. The lowest BCUT2D eigenvalue weighted by molar-refractivity contribution is 0.947. The van der Waals surface area contributed by atoms with E-state index in [0.717, 1.165) is 12.8 Å². The van der Waals surface area contributed by atoms with Crippen LogP contribution in [0.5, 0.6) is 0 Å². The van der Waals surface area contributed by atoms with E-state index in [2.05, 4.69) is 15.7 Å². The Labute approximate surface area is 59.7 Å². The Bertz CT molecular complexity index is 265. The molecule has 50 valence electrons. The molecular weight excluding hydrogens is 124 g/mol. The van der Waals surface area contributed by atoms with Crippen molar-refractivity contribution in [1.29, 1.82) is 0 Å². The fraction of sp³-hybridized carbons (Fsp3) is 0.375. The minimum Gasteiger partial charge on any atom is -0.241 e. The van der Waals surface area contributed by atoms with Crippen molar-refractivity contribution in [3.05, 3.63) is 17.5 Å². The zero-order chi connectivity index (χ0) is 6.81. The van der Waals surface area contributed by atoms with Crippen molar-refractivity contribution in [3.8, 4) is 0 Å². The van der Waals surface area contributed by atoms with Gasteiger partial charge in [-0.05, 0) is 19.3 Å². The molecule has 0 aromatic heterocycles. The van der Waals surface area contributed by atoms with Crippen LogP contribution in [-0.4, -0.2) is 12.1 Å². The van der Waals surface area contributed by atoms with Gasteiger partial charge in [0.15, 0.2) is 0 Å². The Kier molecular flexibility index (Phi) is 1.26. The van der Waals surface area contributed by atoms with Crippen LogP contribution in [0.3, 0.4) is 0 Å². The van der Waals surface area contributed by atoms with Gasteiger partial charge in [0.25, 0.3) is 0 Å². The Morgan fingerprint density at radius 3 is 3.40 bits per heavy atom. The summed E-state index contributed by atoms with van der Waals surface area (Å²) in [6, 6.07) is 0. The van der Waals surface area contributed by atoms with Crippen LogP contribution in [-0.2, 0) is 0 Å². The predicted molar refractivity (Wildman–Crippen MR) is 41.4 cm³/mol. The van der Waals surface area contributed by atoms with Crippen LogP contribution >= 0.6 is 0 Å². The summed E-state index contributed by atoms with van der Waals surface area (Å²) in [6.45, 7) is 0. The molecule has 1 fully saturated rings. The molecule has 2 aliphatic rings. The van der Waals surface area contributed by atoms with E-state index in [0.29, 0.717) is 0 Å². The molecule has 1 saturated carbocycles. The average molecular weight is 132 g/mol. The van der Waals surface area contributed by atoms with E-state index >= 15 is 0 Å². The standard InChI is InChI=1S/C8H8N2/c1-2-7-4-5-9-6-10-8(7)3-1/h5-6H,1-3H2. The SMILES string of the molecule is C1=CN=CN=C2CCCC=12. The third-order valence-corrected chi connectivity index (χ3v) is 1.78. The van der Waals surface area contributed by atoms with Crippen molar-refractivity contribution in [1.82, 2.24) is 0 Å². The van der Waals surface area contributed by atoms with E-state index in [-0.39, 0.29) is 0 Å². The Morgan fingerprint density at radius 1 is 1.40 bits per heavy atom. The maximum absolute atomic E-state index is 4.18. The number of allylic oxidation sites excluding steroid dienone is 1. The van der Waals surface area contributed by atoms with Gasteiger partial charge in [0.2, 0.25) is 0 Å². The van der Waals surface area contributed by atoms with E-state index in [1.165, 1.54) is 17.7 Å². The molecule has 0 bridgehead atoms. The molecule has 2 nitrogen and oxygen atoms in total. The Balaban J connectivity index is 2.48. The smallest absolute Gasteiger partial charge is 0.116 e. The summed E-state index contributed by atoms with van der Waals surface area (Å²) in [5, 5.41) is 0. The van der Waals surface area contributed by atoms with Gasteiger partial charge in [-0.25, -0.2) is 9.98 Å². The van der Waals surface area contributed by atoms with E-state index < -0.39 is 0 Å². The molecule has 0 unspecified atom stereocenters. The monoisotopic (exact) mass is 132 g/mol. The van der Waals surface area contributed by atoms with Gasteiger partial charge < -0.3 is 0 Å².